The van der Waals surface area contributed by atoms with Crippen molar-refractivity contribution < 1.29 is 0 Å². The summed E-state index contributed by atoms with van der Waals surface area (Å²) < 4.78 is 3.60. The summed E-state index contributed by atoms with van der Waals surface area (Å²) in [5, 5.41) is 12.4. The maximum Gasteiger partial charge on any atom is 0.133 e. The largest absolute Gasteiger partial charge is 0.308 e. The molecular weight excluding hydrogens is 204 g/mol. The molecule has 0 amide bonds. The number of rotatable bonds is 4. The second kappa shape index (κ2) is 4.44. The highest BCUT2D eigenvalue weighted by atomic mass is 15.4. The molecule has 0 radical (unpaired) electrons. The van der Waals surface area contributed by atoms with E-state index in [9.17, 15) is 0 Å². The standard InChI is InChI=1S/C10H16N6/c1-14(2)6-7-16-8-10(11-13-16)9-4-5-15(3)12-9/h4-5,8H,6-7H2,1-3H3. The van der Waals surface area contributed by atoms with Gasteiger partial charge < -0.3 is 4.90 Å². The Bertz CT molecular complexity index is 455. The molecule has 6 nitrogen and oxygen atoms in total. The van der Waals surface area contributed by atoms with E-state index in [0.29, 0.717) is 0 Å². The third-order valence-corrected chi connectivity index (χ3v) is 2.29. The molecule has 16 heavy (non-hydrogen) atoms. The van der Waals surface area contributed by atoms with Crippen molar-refractivity contribution >= 4 is 0 Å². The predicted molar refractivity (Wildman–Crippen MR) is 60.8 cm³/mol. The second-order valence-corrected chi connectivity index (χ2v) is 4.04. The van der Waals surface area contributed by atoms with Crippen LogP contribution in [0.3, 0.4) is 0 Å². The molecule has 6 heteroatoms. The van der Waals surface area contributed by atoms with Gasteiger partial charge in [-0.05, 0) is 20.2 Å². The Labute approximate surface area is 94.5 Å². The van der Waals surface area contributed by atoms with E-state index in [-0.39, 0.29) is 0 Å². The zero-order chi connectivity index (χ0) is 11.5. The molecule has 0 aliphatic rings. The van der Waals surface area contributed by atoms with Crippen LogP contribution in [0.5, 0.6) is 0 Å². The van der Waals surface area contributed by atoms with Crippen LogP contribution in [0.25, 0.3) is 11.4 Å². The van der Waals surface area contributed by atoms with Crippen LogP contribution < -0.4 is 0 Å². The minimum Gasteiger partial charge on any atom is -0.308 e. The SMILES string of the molecule is CN(C)CCn1cc(-c2ccn(C)n2)nn1. The Kier molecular flexibility index (Phi) is 3.00. The summed E-state index contributed by atoms with van der Waals surface area (Å²) in [5.41, 5.74) is 1.68. The number of likely N-dealkylation sites (N-methyl/N-ethyl adjacent to an activating group) is 1. The third-order valence-electron chi connectivity index (χ3n) is 2.29. The molecule has 0 unspecified atom stereocenters. The van der Waals surface area contributed by atoms with Crippen molar-refractivity contribution in [1.82, 2.24) is 29.7 Å². The average molecular weight is 220 g/mol. The Morgan fingerprint density at radius 3 is 2.75 bits per heavy atom. The lowest BCUT2D eigenvalue weighted by atomic mass is 10.3. The molecule has 0 N–H and O–H groups in total. The molecule has 2 rings (SSSR count). The highest BCUT2D eigenvalue weighted by molar-refractivity contribution is 5.50. The van der Waals surface area contributed by atoms with Gasteiger partial charge in [0.05, 0.1) is 12.7 Å². The van der Waals surface area contributed by atoms with Crippen LogP contribution >= 0.6 is 0 Å². The summed E-state index contributed by atoms with van der Waals surface area (Å²) in [5.74, 6) is 0. The maximum absolute atomic E-state index is 4.28. The van der Waals surface area contributed by atoms with Gasteiger partial charge in [0.1, 0.15) is 11.4 Å². The van der Waals surface area contributed by atoms with E-state index in [1.807, 2.05) is 44.3 Å². The molecule has 0 bridgehead atoms. The zero-order valence-corrected chi connectivity index (χ0v) is 9.83. The summed E-state index contributed by atoms with van der Waals surface area (Å²) in [6.07, 6.45) is 3.82. The van der Waals surface area contributed by atoms with Gasteiger partial charge >= 0.3 is 0 Å². The first-order chi connectivity index (χ1) is 7.65. The predicted octanol–water partition coefficient (Wildman–Crippen LogP) is 0.240. The van der Waals surface area contributed by atoms with Crippen LogP contribution in [0, 0.1) is 0 Å². The Morgan fingerprint density at radius 2 is 2.12 bits per heavy atom. The van der Waals surface area contributed by atoms with Crippen LogP contribution in [-0.4, -0.2) is 50.3 Å². The summed E-state index contributed by atoms with van der Waals surface area (Å²) in [7, 11) is 5.97. The Balaban J connectivity index is 2.07. The number of hydrogen-bond acceptors (Lipinski definition) is 4. The fourth-order valence-electron chi connectivity index (χ4n) is 1.38. The number of hydrogen-bond donors (Lipinski definition) is 0. The van der Waals surface area contributed by atoms with Crippen molar-refractivity contribution in [2.45, 2.75) is 6.54 Å². The third kappa shape index (κ3) is 2.46. The van der Waals surface area contributed by atoms with Crippen LogP contribution in [0.1, 0.15) is 0 Å². The zero-order valence-electron chi connectivity index (χ0n) is 9.83. The number of nitrogens with zero attached hydrogens (tertiary/aromatic N) is 6. The van der Waals surface area contributed by atoms with Crippen molar-refractivity contribution in [1.29, 1.82) is 0 Å². The van der Waals surface area contributed by atoms with Crippen molar-refractivity contribution in [3.63, 3.8) is 0 Å². The van der Waals surface area contributed by atoms with Gasteiger partial charge in [-0.2, -0.15) is 5.10 Å². The molecule has 2 heterocycles. The lowest BCUT2D eigenvalue weighted by Crippen LogP contribution is -2.18. The smallest absolute Gasteiger partial charge is 0.133 e. The molecule has 0 atom stereocenters. The molecule has 0 aliphatic heterocycles. The van der Waals surface area contributed by atoms with Crippen LogP contribution in [0.2, 0.25) is 0 Å². The molecule has 0 saturated heterocycles. The van der Waals surface area contributed by atoms with Crippen molar-refractivity contribution in [2.75, 3.05) is 20.6 Å². The molecule has 0 spiro atoms. The van der Waals surface area contributed by atoms with E-state index in [0.717, 1.165) is 24.5 Å². The minimum absolute atomic E-state index is 0.819. The monoisotopic (exact) mass is 220 g/mol. The summed E-state index contributed by atoms with van der Waals surface area (Å²) in [4.78, 5) is 2.11. The summed E-state index contributed by atoms with van der Waals surface area (Å²) in [6.45, 7) is 1.79. The molecule has 0 aromatic carbocycles. The van der Waals surface area contributed by atoms with Crippen LogP contribution in [0.15, 0.2) is 18.5 Å². The number of aryl methyl sites for hydroxylation is 1. The molecule has 0 saturated carbocycles. The fourth-order valence-corrected chi connectivity index (χ4v) is 1.38. The van der Waals surface area contributed by atoms with E-state index in [1.165, 1.54) is 0 Å². The quantitative estimate of drug-likeness (QED) is 0.740. The molecule has 0 aliphatic carbocycles. The summed E-state index contributed by atoms with van der Waals surface area (Å²) in [6, 6.07) is 1.93. The van der Waals surface area contributed by atoms with Gasteiger partial charge in [0, 0.05) is 19.8 Å². The van der Waals surface area contributed by atoms with Gasteiger partial charge in [0.25, 0.3) is 0 Å². The molecule has 0 fully saturated rings. The lowest BCUT2D eigenvalue weighted by molar-refractivity contribution is 0.370. The highest BCUT2D eigenvalue weighted by Gasteiger charge is 2.06. The molecule has 2 aromatic heterocycles. The van der Waals surface area contributed by atoms with Crippen LogP contribution in [0.4, 0.5) is 0 Å². The van der Waals surface area contributed by atoms with Gasteiger partial charge in [-0.1, -0.05) is 5.21 Å². The maximum atomic E-state index is 4.28. The van der Waals surface area contributed by atoms with E-state index in [1.54, 1.807) is 4.68 Å². The average Bonchev–Trinajstić information content (AvgIpc) is 2.83. The molecule has 2 aromatic rings. The van der Waals surface area contributed by atoms with E-state index in [4.69, 9.17) is 0 Å². The minimum atomic E-state index is 0.819. The van der Waals surface area contributed by atoms with Gasteiger partial charge in [0.2, 0.25) is 0 Å². The summed E-state index contributed by atoms with van der Waals surface area (Å²) >= 11 is 0. The first kappa shape index (κ1) is 10.8. The van der Waals surface area contributed by atoms with Gasteiger partial charge in [-0.3, -0.25) is 9.36 Å². The topological polar surface area (TPSA) is 51.8 Å². The van der Waals surface area contributed by atoms with Gasteiger partial charge in [0.15, 0.2) is 0 Å². The van der Waals surface area contributed by atoms with Crippen molar-refractivity contribution in [3.8, 4) is 11.4 Å². The number of aromatic nitrogens is 5. The van der Waals surface area contributed by atoms with E-state index in [2.05, 4.69) is 20.3 Å². The van der Waals surface area contributed by atoms with Crippen molar-refractivity contribution in [2.24, 2.45) is 7.05 Å². The van der Waals surface area contributed by atoms with E-state index < -0.39 is 0 Å². The molecule has 86 valence electrons. The fraction of sp³-hybridized carbons (Fsp3) is 0.500. The normalized spacial score (nSPS) is 11.2. The Hall–Kier alpha value is -1.69. The van der Waals surface area contributed by atoms with Gasteiger partial charge in [-0.15, -0.1) is 5.10 Å². The molecular formula is C10H16N6. The first-order valence-electron chi connectivity index (χ1n) is 5.20. The van der Waals surface area contributed by atoms with E-state index >= 15 is 0 Å². The second-order valence-electron chi connectivity index (χ2n) is 4.04. The van der Waals surface area contributed by atoms with Crippen LogP contribution in [-0.2, 0) is 13.6 Å². The first-order valence-corrected chi connectivity index (χ1v) is 5.20. The van der Waals surface area contributed by atoms with Crippen molar-refractivity contribution in [3.05, 3.63) is 18.5 Å². The highest BCUT2D eigenvalue weighted by Crippen LogP contribution is 2.11. The van der Waals surface area contributed by atoms with Gasteiger partial charge in [-0.25, -0.2) is 0 Å². The lowest BCUT2D eigenvalue weighted by Gasteiger charge is -2.07. The Morgan fingerprint density at radius 1 is 1.31 bits per heavy atom.